The van der Waals surface area contributed by atoms with Crippen LogP contribution >= 0.6 is 11.8 Å². The molecule has 1 atom stereocenters. The lowest BCUT2D eigenvalue weighted by atomic mass is 10.1. The summed E-state index contributed by atoms with van der Waals surface area (Å²) in [5, 5.41) is 8.89. The maximum absolute atomic E-state index is 13.1. The smallest absolute Gasteiger partial charge is 0.240 e. The van der Waals surface area contributed by atoms with E-state index in [4.69, 9.17) is 4.42 Å². The summed E-state index contributed by atoms with van der Waals surface area (Å²) in [5.41, 5.74) is 0.983. The van der Waals surface area contributed by atoms with Crippen LogP contribution in [-0.2, 0) is 11.8 Å². The van der Waals surface area contributed by atoms with Gasteiger partial charge < -0.3 is 13.9 Å². The van der Waals surface area contributed by atoms with Gasteiger partial charge in [-0.2, -0.15) is 0 Å². The molecule has 1 amide bonds. The third-order valence-electron chi connectivity index (χ3n) is 4.54. The maximum Gasteiger partial charge on any atom is 0.240 e. The summed E-state index contributed by atoms with van der Waals surface area (Å²) >= 11 is 1.44. The Kier molecular flexibility index (Phi) is 4.79. The fraction of sp³-hybridized carbons (Fsp3) is 0.316. The highest BCUT2D eigenvalue weighted by Gasteiger charge is 2.30. The lowest BCUT2D eigenvalue weighted by Crippen LogP contribution is -2.31. The van der Waals surface area contributed by atoms with Crippen molar-refractivity contribution >= 4 is 17.7 Å². The normalized spacial score (nSPS) is 15.3. The Morgan fingerprint density at radius 3 is 2.58 bits per heavy atom. The van der Waals surface area contributed by atoms with Crippen molar-refractivity contribution < 1.29 is 9.21 Å². The predicted molar refractivity (Wildman–Crippen MR) is 99.6 cm³/mol. The van der Waals surface area contributed by atoms with Gasteiger partial charge >= 0.3 is 0 Å². The van der Waals surface area contributed by atoms with Gasteiger partial charge in [-0.3, -0.25) is 4.79 Å². The monoisotopic (exact) mass is 368 g/mol. The molecule has 0 spiro atoms. The van der Waals surface area contributed by atoms with Crippen LogP contribution in [0.3, 0.4) is 0 Å². The summed E-state index contributed by atoms with van der Waals surface area (Å²) in [6.07, 6.45) is 3.76. The van der Waals surface area contributed by atoms with Gasteiger partial charge in [-0.25, -0.2) is 0 Å². The van der Waals surface area contributed by atoms with Crippen LogP contribution < -0.4 is 0 Å². The molecule has 0 unspecified atom stereocenters. The van der Waals surface area contributed by atoms with E-state index in [0.717, 1.165) is 31.5 Å². The number of thioether (sulfide) groups is 1. The largest absolute Gasteiger partial charge is 0.461 e. The molecule has 26 heavy (non-hydrogen) atoms. The van der Waals surface area contributed by atoms with Crippen LogP contribution in [0.15, 0.2) is 58.3 Å². The summed E-state index contributed by atoms with van der Waals surface area (Å²) < 4.78 is 7.30. The Morgan fingerprint density at radius 2 is 1.88 bits per heavy atom. The Balaban J connectivity index is 1.64. The minimum atomic E-state index is -0.332. The lowest BCUT2D eigenvalue weighted by molar-refractivity contribution is -0.129. The van der Waals surface area contributed by atoms with Crippen molar-refractivity contribution in [2.24, 2.45) is 7.05 Å². The highest BCUT2D eigenvalue weighted by atomic mass is 32.2. The molecule has 1 fully saturated rings. The maximum atomic E-state index is 13.1. The van der Waals surface area contributed by atoms with Crippen LogP contribution in [0.5, 0.6) is 0 Å². The molecule has 2 aromatic heterocycles. The summed E-state index contributed by atoms with van der Waals surface area (Å²) in [7, 11) is 1.89. The van der Waals surface area contributed by atoms with Crippen molar-refractivity contribution in [1.29, 1.82) is 0 Å². The molecule has 0 radical (unpaired) electrons. The van der Waals surface area contributed by atoms with Gasteiger partial charge in [0.05, 0.1) is 6.26 Å². The molecule has 1 aliphatic heterocycles. The van der Waals surface area contributed by atoms with Crippen molar-refractivity contribution in [2.45, 2.75) is 23.2 Å². The second kappa shape index (κ2) is 7.37. The number of carbonyl (C=O) groups excluding carboxylic acids is 1. The molecule has 1 aromatic carbocycles. The molecular formula is C19H20N4O2S. The average Bonchev–Trinajstić information content (AvgIpc) is 3.42. The molecule has 1 aliphatic rings. The van der Waals surface area contributed by atoms with Gasteiger partial charge in [0.1, 0.15) is 5.25 Å². The van der Waals surface area contributed by atoms with Crippen LogP contribution in [-0.4, -0.2) is 38.7 Å². The van der Waals surface area contributed by atoms with Gasteiger partial charge in [0.15, 0.2) is 16.7 Å². The molecule has 134 valence electrons. The average molecular weight is 368 g/mol. The van der Waals surface area contributed by atoms with Gasteiger partial charge in [-0.1, -0.05) is 42.1 Å². The van der Waals surface area contributed by atoms with Crippen molar-refractivity contribution in [1.82, 2.24) is 19.7 Å². The number of carbonyl (C=O) groups is 1. The Hall–Kier alpha value is -2.54. The van der Waals surface area contributed by atoms with E-state index in [0.29, 0.717) is 16.7 Å². The number of likely N-dealkylation sites (tertiary alicyclic amines) is 1. The van der Waals surface area contributed by atoms with Gasteiger partial charge in [-0.05, 0) is 30.5 Å². The Labute approximate surface area is 156 Å². The molecule has 3 aromatic rings. The SMILES string of the molecule is Cn1c(S[C@H](C(=O)N2CCCC2)c2ccccc2)nnc1-c1ccco1. The number of hydrogen-bond acceptors (Lipinski definition) is 5. The number of nitrogens with zero attached hydrogens (tertiary/aromatic N) is 4. The Bertz CT molecular complexity index is 870. The lowest BCUT2D eigenvalue weighted by Gasteiger charge is -2.22. The highest BCUT2D eigenvalue weighted by Crippen LogP contribution is 2.37. The first kappa shape index (κ1) is 16.9. The summed E-state index contributed by atoms with van der Waals surface area (Å²) in [5.74, 6) is 1.45. The zero-order valence-electron chi connectivity index (χ0n) is 14.5. The first-order valence-electron chi connectivity index (χ1n) is 8.67. The second-order valence-electron chi connectivity index (χ2n) is 6.28. The van der Waals surface area contributed by atoms with E-state index >= 15 is 0 Å². The first-order chi connectivity index (χ1) is 12.7. The van der Waals surface area contributed by atoms with Crippen molar-refractivity contribution in [3.05, 3.63) is 54.3 Å². The summed E-state index contributed by atoms with van der Waals surface area (Å²) in [4.78, 5) is 15.1. The van der Waals surface area contributed by atoms with E-state index in [-0.39, 0.29) is 11.2 Å². The number of rotatable bonds is 5. The molecule has 0 saturated carbocycles. The van der Waals surface area contributed by atoms with E-state index in [9.17, 15) is 4.79 Å². The van der Waals surface area contributed by atoms with Crippen LogP contribution in [0.1, 0.15) is 23.7 Å². The molecule has 3 heterocycles. The minimum absolute atomic E-state index is 0.140. The first-order valence-corrected chi connectivity index (χ1v) is 9.55. The molecule has 0 N–H and O–H groups in total. The number of benzene rings is 1. The number of aromatic nitrogens is 3. The molecule has 7 heteroatoms. The number of furan rings is 1. The fourth-order valence-corrected chi connectivity index (χ4v) is 4.22. The van der Waals surface area contributed by atoms with E-state index in [1.54, 1.807) is 6.26 Å². The van der Waals surface area contributed by atoms with Crippen LogP contribution in [0.25, 0.3) is 11.6 Å². The molecule has 0 aliphatic carbocycles. The van der Waals surface area contributed by atoms with Gasteiger partial charge in [0.2, 0.25) is 5.91 Å². The topological polar surface area (TPSA) is 64.2 Å². The van der Waals surface area contributed by atoms with Crippen molar-refractivity contribution in [2.75, 3.05) is 13.1 Å². The van der Waals surface area contributed by atoms with Crippen LogP contribution in [0, 0.1) is 0 Å². The molecular weight excluding hydrogens is 348 g/mol. The quantitative estimate of drug-likeness (QED) is 0.645. The van der Waals surface area contributed by atoms with Crippen LogP contribution in [0.2, 0.25) is 0 Å². The summed E-state index contributed by atoms with van der Waals surface area (Å²) in [6, 6.07) is 13.5. The third kappa shape index (κ3) is 3.26. The standard InChI is InChI=1S/C19H20N4O2S/c1-22-17(15-10-7-13-25-15)20-21-19(22)26-16(14-8-3-2-4-9-14)18(24)23-11-5-6-12-23/h2-4,7-10,13,16H,5-6,11-12H2,1H3/t16-/m0/s1. The van der Waals surface area contributed by atoms with E-state index in [1.165, 1.54) is 11.8 Å². The number of amides is 1. The molecule has 1 saturated heterocycles. The third-order valence-corrected chi connectivity index (χ3v) is 5.82. The molecule has 6 nitrogen and oxygen atoms in total. The highest BCUT2D eigenvalue weighted by molar-refractivity contribution is 8.00. The Morgan fingerprint density at radius 1 is 1.12 bits per heavy atom. The number of hydrogen-bond donors (Lipinski definition) is 0. The van der Waals surface area contributed by atoms with Gasteiger partial charge in [-0.15, -0.1) is 10.2 Å². The second-order valence-corrected chi connectivity index (χ2v) is 7.36. The summed E-state index contributed by atoms with van der Waals surface area (Å²) in [6.45, 7) is 1.67. The zero-order chi connectivity index (χ0) is 17.9. The van der Waals surface area contributed by atoms with E-state index in [1.807, 2.05) is 59.0 Å². The fourth-order valence-electron chi connectivity index (χ4n) is 3.14. The van der Waals surface area contributed by atoms with Gasteiger partial charge in [0, 0.05) is 20.1 Å². The van der Waals surface area contributed by atoms with E-state index in [2.05, 4.69) is 10.2 Å². The predicted octanol–water partition coefficient (Wildman–Crippen LogP) is 3.53. The molecule has 4 rings (SSSR count). The van der Waals surface area contributed by atoms with Gasteiger partial charge in [0.25, 0.3) is 0 Å². The van der Waals surface area contributed by atoms with Crippen LogP contribution in [0.4, 0.5) is 0 Å². The van der Waals surface area contributed by atoms with Crippen molar-refractivity contribution in [3.63, 3.8) is 0 Å². The minimum Gasteiger partial charge on any atom is -0.461 e. The van der Waals surface area contributed by atoms with E-state index < -0.39 is 0 Å². The molecule has 0 bridgehead atoms. The zero-order valence-corrected chi connectivity index (χ0v) is 15.4. The van der Waals surface area contributed by atoms with Crippen molar-refractivity contribution in [3.8, 4) is 11.6 Å².